The van der Waals surface area contributed by atoms with Gasteiger partial charge in [-0.2, -0.15) is 9.29 Å². The Bertz CT molecular complexity index is 1200. The number of anilines is 1. The van der Waals surface area contributed by atoms with Crippen LogP contribution in [-0.2, 0) is 26.7 Å². The van der Waals surface area contributed by atoms with Crippen molar-refractivity contribution in [1.82, 2.24) is 14.4 Å². The molecule has 170 valence electrons. The van der Waals surface area contributed by atoms with Gasteiger partial charge in [0.1, 0.15) is 4.21 Å². The topological polar surface area (TPSA) is 105 Å². The predicted octanol–water partition coefficient (Wildman–Crippen LogP) is 4.06. The minimum Gasteiger partial charge on any atom is -0.338 e. The first-order valence-electron chi connectivity index (χ1n) is 10.5. The lowest BCUT2D eigenvalue weighted by Gasteiger charge is -2.13. The van der Waals surface area contributed by atoms with E-state index in [4.69, 9.17) is 4.52 Å². The lowest BCUT2D eigenvalue weighted by atomic mass is 9.97. The second-order valence-electron chi connectivity index (χ2n) is 8.81. The van der Waals surface area contributed by atoms with Crippen molar-refractivity contribution in [2.24, 2.45) is 0 Å². The molecule has 1 aliphatic heterocycles. The summed E-state index contributed by atoms with van der Waals surface area (Å²) in [6.07, 6.45) is 1.90. The Labute approximate surface area is 191 Å². The fourth-order valence-electron chi connectivity index (χ4n) is 3.36. The van der Waals surface area contributed by atoms with Crippen LogP contribution in [0.25, 0.3) is 11.4 Å². The summed E-state index contributed by atoms with van der Waals surface area (Å²) in [6.45, 7) is 7.13. The number of sulfonamides is 1. The molecule has 3 heterocycles. The second-order valence-corrected chi connectivity index (χ2v) is 12.1. The molecule has 1 amide bonds. The maximum atomic E-state index is 12.6. The summed E-state index contributed by atoms with van der Waals surface area (Å²) in [5.41, 5.74) is 1.20. The number of benzene rings is 1. The fourth-order valence-corrected chi connectivity index (χ4v) is 6.38. The number of rotatable bonds is 6. The van der Waals surface area contributed by atoms with Gasteiger partial charge in [-0.15, -0.1) is 11.3 Å². The second kappa shape index (κ2) is 8.76. The van der Waals surface area contributed by atoms with E-state index in [9.17, 15) is 13.2 Å². The number of nitrogens with one attached hydrogen (secondary N) is 1. The molecule has 0 aliphatic carbocycles. The lowest BCUT2D eigenvalue weighted by molar-refractivity contribution is -0.115. The fraction of sp³-hybridized carbons (Fsp3) is 0.409. The van der Waals surface area contributed by atoms with Crippen LogP contribution in [0.2, 0.25) is 0 Å². The highest BCUT2D eigenvalue weighted by molar-refractivity contribution is 7.91. The van der Waals surface area contributed by atoms with Crippen molar-refractivity contribution in [3.05, 3.63) is 47.2 Å². The SMILES string of the molecule is CC(C)(C)c1nc(-c2ccc(NC(=O)Cc3ccc(S(=O)(=O)N4CCCC4)s3)cc2)no1. The first-order valence-corrected chi connectivity index (χ1v) is 12.7. The Balaban J connectivity index is 1.37. The Kier molecular flexibility index (Phi) is 6.19. The van der Waals surface area contributed by atoms with Crippen LogP contribution >= 0.6 is 11.3 Å². The van der Waals surface area contributed by atoms with Gasteiger partial charge in [0.15, 0.2) is 0 Å². The summed E-state index contributed by atoms with van der Waals surface area (Å²) in [6, 6.07) is 10.5. The Morgan fingerprint density at radius 2 is 1.81 bits per heavy atom. The smallest absolute Gasteiger partial charge is 0.252 e. The molecule has 0 atom stereocenters. The van der Waals surface area contributed by atoms with Crippen molar-refractivity contribution in [2.75, 3.05) is 18.4 Å². The number of amides is 1. The average Bonchev–Trinajstić information content (AvgIpc) is 3.49. The van der Waals surface area contributed by atoms with E-state index in [2.05, 4.69) is 15.5 Å². The first kappa shape index (κ1) is 22.6. The predicted molar refractivity (Wildman–Crippen MR) is 123 cm³/mol. The molecule has 1 N–H and O–H groups in total. The van der Waals surface area contributed by atoms with Gasteiger partial charge < -0.3 is 9.84 Å². The summed E-state index contributed by atoms with van der Waals surface area (Å²) in [5.74, 6) is 0.851. The number of hydrogen-bond acceptors (Lipinski definition) is 7. The summed E-state index contributed by atoms with van der Waals surface area (Å²) >= 11 is 1.15. The molecule has 1 aliphatic rings. The quantitative estimate of drug-likeness (QED) is 0.578. The van der Waals surface area contributed by atoms with Crippen molar-refractivity contribution >= 4 is 33.0 Å². The molecule has 0 bridgehead atoms. The van der Waals surface area contributed by atoms with Crippen LogP contribution in [0.1, 0.15) is 44.4 Å². The van der Waals surface area contributed by atoms with Gasteiger partial charge in [0.25, 0.3) is 10.0 Å². The molecular formula is C22H26N4O4S2. The maximum Gasteiger partial charge on any atom is 0.252 e. The highest BCUT2D eigenvalue weighted by Gasteiger charge is 2.28. The monoisotopic (exact) mass is 474 g/mol. The molecule has 3 aromatic rings. The molecule has 32 heavy (non-hydrogen) atoms. The van der Waals surface area contributed by atoms with E-state index in [0.29, 0.717) is 39.6 Å². The standard InChI is InChI=1S/C22H26N4O4S2/c1-22(2,3)21-24-20(25-30-21)15-6-8-16(9-7-15)23-18(27)14-17-10-11-19(31-17)32(28,29)26-12-4-5-13-26/h6-11H,4-5,12-14H2,1-3H3,(H,23,27). The van der Waals surface area contributed by atoms with Crippen molar-refractivity contribution < 1.29 is 17.7 Å². The zero-order valence-corrected chi connectivity index (χ0v) is 19.9. The highest BCUT2D eigenvalue weighted by atomic mass is 32.2. The van der Waals surface area contributed by atoms with Gasteiger partial charge in [0, 0.05) is 34.6 Å². The summed E-state index contributed by atoms with van der Waals surface area (Å²) in [4.78, 5) is 17.6. The molecule has 0 radical (unpaired) electrons. The number of aromatic nitrogens is 2. The minimum absolute atomic E-state index is 0.113. The van der Waals surface area contributed by atoms with E-state index in [0.717, 1.165) is 29.7 Å². The Morgan fingerprint density at radius 1 is 1.12 bits per heavy atom. The molecule has 0 unspecified atom stereocenters. The molecule has 2 aromatic heterocycles. The summed E-state index contributed by atoms with van der Waals surface area (Å²) in [5, 5.41) is 6.87. The van der Waals surface area contributed by atoms with Crippen LogP contribution in [0.15, 0.2) is 45.1 Å². The van der Waals surface area contributed by atoms with Gasteiger partial charge in [-0.05, 0) is 49.2 Å². The van der Waals surface area contributed by atoms with Crippen LogP contribution in [0.5, 0.6) is 0 Å². The molecule has 1 aromatic carbocycles. The van der Waals surface area contributed by atoms with Crippen molar-refractivity contribution in [1.29, 1.82) is 0 Å². The maximum absolute atomic E-state index is 12.6. The van der Waals surface area contributed by atoms with E-state index < -0.39 is 10.0 Å². The zero-order chi connectivity index (χ0) is 22.9. The Morgan fingerprint density at radius 3 is 2.44 bits per heavy atom. The Hall–Kier alpha value is -2.56. The molecule has 0 saturated carbocycles. The van der Waals surface area contributed by atoms with Crippen molar-refractivity contribution in [3.63, 3.8) is 0 Å². The zero-order valence-electron chi connectivity index (χ0n) is 18.3. The summed E-state index contributed by atoms with van der Waals surface area (Å²) < 4.78 is 32.4. The van der Waals surface area contributed by atoms with E-state index in [1.807, 2.05) is 32.9 Å². The first-order chi connectivity index (χ1) is 15.1. The third-order valence-corrected chi connectivity index (χ3v) is 8.58. The molecule has 4 rings (SSSR count). The van der Waals surface area contributed by atoms with Crippen molar-refractivity contribution in [3.8, 4) is 11.4 Å². The van der Waals surface area contributed by atoms with Crippen LogP contribution in [0.3, 0.4) is 0 Å². The van der Waals surface area contributed by atoms with E-state index in [1.54, 1.807) is 24.3 Å². The number of carbonyl (C=O) groups excluding carboxylic acids is 1. The van der Waals surface area contributed by atoms with Gasteiger partial charge in [-0.1, -0.05) is 25.9 Å². The van der Waals surface area contributed by atoms with Gasteiger partial charge in [0.05, 0.1) is 6.42 Å². The normalized spacial score (nSPS) is 15.2. The van der Waals surface area contributed by atoms with Gasteiger partial charge >= 0.3 is 0 Å². The number of hydrogen-bond donors (Lipinski definition) is 1. The van der Waals surface area contributed by atoms with Crippen LogP contribution < -0.4 is 5.32 Å². The van der Waals surface area contributed by atoms with E-state index in [1.165, 1.54) is 4.31 Å². The third kappa shape index (κ3) is 4.92. The molecule has 8 nitrogen and oxygen atoms in total. The number of thiophene rings is 1. The number of carbonyl (C=O) groups is 1. The van der Waals surface area contributed by atoms with Crippen LogP contribution in [0, 0.1) is 0 Å². The summed E-state index contributed by atoms with van der Waals surface area (Å²) in [7, 11) is -3.45. The van der Waals surface area contributed by atoms with E-state index >= 15 is 0 Å². The van der Waals surface area contributed by atoms with Crippen LogP contribution in [-0.4, -0.2) is 41.9 Å². The molecule has 10 heteroatoms. The van der Waals surface area contributed by atoms with Crippen LogP contribution in [0.4, 0.5) is 5.69 Å². The number of nitrogens with zero attached hydrogens (tertiary/aromatic N) is 3. The minimum atomic E-state index is -3.45. The third-order valence-electron chi connectivity index (χ3n) is 5.13. The molecule has 0 spiro atoms. The highest BCUT2D eigenvalue weighted by Crippen LogP contribution is 2.28. The molecule has 1 fully saturated rings. The largest absolute Gasteiger partial charge is 0.338 e. The molecule has 1 saturated heterocycles. The van der Waals surface area contributed by atoms with E-state index in [-0.39, 0.29) is 17.7 Å². The van der Waals surface area contributed by atoms with Gasteiger partial charge in [-0.25, -0.2) is 8.42 Å². The van der Waals surface area contributed by atoms with Gasteiger partial charge in [0.2, 0.25) is 17.6 Å². The lowest BCUT2D eigenvalue weighted by Crippen LogP contribution is -2.27. The average molecular weight is 475 g/mol. The van der Waals surface area contributed by atoms with Crippen molar-refractivity contribution in [2.45, 2.75) is 49.7 Å². The molecular weight excluding hydrogens is 448 g/mol. The van der Waals surface area contributed by atoms with Gasteiger partial charge in [-0.3, -0.25) is 4.79 Å².